The van der Waals surface area contributed by atoms with Crippen LogP contribution in [0.1, 0.15) is 18.1 Å². The number of aliphatic hydroxyl groups excluding tert-OH is 1. The van der Waals surface area contributed by atoms with Crippen LogP contribution in [0.25, 0.3) is 0 Å². The summed E-state index contributed by atoms with van der Waals surface area (Å²) in [4.78, 5) is 0. The Bertz CT molecular complexity index is 394. The number of benzene rings is 1. The third-order valence-corrected chi connectivity index (χ3v) is 4.11. The minimum absolute atomic E-state index is 0.166. The number of ether oxygens (including phenoxy) is 2. The van der Waals surface area contributed by atoms with E-state index in [1.807, 2.05) is 30.0 Å². The maximum atomic E-state index is 9.86. The maximum Gasteiger partial charge on any atom is 0.166 e. The minimum atomic E-state index is -0.721. The molecular formula is C13H19NO3S. The molecule has 1 saturated heterocycles. The van der Waals surface area contributed by atoms with E-state index in [9.17, 15) is 5.11 Å². The molecule has 1 fully saturated rings. The largest absolute Gasteiger partial charge is 0.492 e. The fraction of sp³-hybridized carbons (Fsp3) is 0.538. The topological polar surface area (TPSA) is 64.7 Å². The Morgan fingerprint density at radius 3 is 3.00 bits per heavy atom. The highest BCUT2D eigenvalue weighted by Crippen LogP contribution is 2.36. The average Bonchev–Trinajstić information content (AvgIpc) is 2.90. The van der Waals surface area contributed by atoms with E-state index in [0.717, 1.165) is 17.9 Å². The Balaban J connectivity index is 2.22. The van der Waals surface area contributed by atoms with Gasteiger partial charge in [-0.05, 0) is 18.2 Å². The van der Waals surface area contributed by atoms with E-state index >= 15 is 0 Å². The van der Waals surface area contributed by atoms with Crippen LogP contribution in [-0.2, 0) is 0 Å². The van der Waals surface area contributed by atoms with Gasteiger partial charge < -0.3 is 20.3 Å². The maximum absolute atomic E-state index is 9.86. The Hall–Kier alpha value is -0.910. The molecule has 1 aliphatic rings. The normalized spacial score (nSPS) is 20.7. The van der Waals surface area contributed by atoms with Crippen molar-refractivity contribution >= 4 is 11.8 Å². The Labute approximate surface area is 111 Å². The fourth-order valence-electron chi connectivity index (χ4n) is 2.02. The zero-order valence-electron chi connectivity index (χ0n) is 10.5. The first-order valence-electron chi connectivity index (χ1n) is 6.05. The molecule has 0 amide bonds. The Morgan fingerprint density at radius 1 is 1.56 bits per heavy atom. The number of hydrogen-bond acceptors (Lipinski definition) is 5. The number of nitrogens with two attached hydrogens (primary N) is 1. The van der Waals surface area contributed by atoms with Crippen LogP contribution in [0.4, 0.5) is 0 Å². The van der Waals surface area contributed by atoms with Crippen LogP contribution in [0.2, 0.25) is 0 Å². The van der Waals surface area contributed by atoms with Crippen LogP contribution in [-0.4, -0.2) is 36.4 Å². The molecular weight excluding hydrogens is 250 g/mol. The lowest BCUT2D eigenvalue weighted by Crippen LogP contribution is -2.17. The monoisotopic (exact) mass is 269 g/mol. The molecule has 0 spiro atoms. The molecule has 1 heterocycles. The molecule has 0 saturated carbocycles. The molecule has 4 nitrogen and oxygen atoms in total. The van der Waals surface area contributed by atoms with E-state index in [-0.39, 0.29) is 12.6 Å². The molecule has 0 aliphatic carbocycles. The van der Waals surface area contributed by atoms with Gasteiger partial charge in [0.25, 0.3) is 0 Å². The highest BCUT2D eigenvalue weighted by Gasteiger charge is 2.21. The van der Waals surface area contributed by atoms with Crippen molar-refractivity contribution in [3.05, 3.63) is 23.8 Å². The number of methoxy groups -OCH3 is 1. The van der Waals surface area contributed by atoms with Crippen molar-refractivity contribution in [1.29, 1.82) is 0 Å². The van der Waals surface area contributed by atoms with Crippen LogP contribution < -0.4 is 15.2 Å². The standard InChI is InChI=1S/C13H19NO3S/c1-16-13-10(11(15)7-14)3-2-4-12(13)17-9-5-6-18-8-9/h2-4,9,11,15H,5-8,14H2,1H3. The molecule has 100 valence electrons. The molecule has 18 heavy (non-hydrogen) atoms. The van der Waals surface area contributed by atoms with Gasteiger partial charge in [-0.15, -0.1) is 0 Å². The van der Waals surface area contributed by atoms with Gasteiger partial charge in [0.1, 0.15) is 6.10 Å². The van der Waals surface area contributed by atoms with Crippen LogP contribution in [0.3, 0.4) is 0 Å². The summed E-state index contributed by atoms with van der Waals surface area (Å²) >= 11 is 1.89. The van der Waals surface area contributed by atoms with Crippen LogP contribution >= 0.6 is 11.8 Å². The van der Waals surface area contributed by atoms with Crippen molar-refractivity contribution in [3.63, 3.8) is 0 Å². The third kappa shape index (κ3) is 2.91. The smallest absolute Gasteiger partial charge is 0.166 e. The van der Waals surface area contributed by atoms with Gasteiger partial charge in [-0.3, -0.25) is 0 Å². The predicted octanol–water partition coefficient (Wildman–Crippen LogP) is 1.57. The van der Waals surface area contributed by atoms with Gasteiger partial charge in [0, 0.05) is 17.9 Å². The highest BCUT2D eigenvalue weighted by atomic mass is 32.2. The minimum Gasteiger partial charge on any atom is -0.492 e. The van der Waals surface area contributed by atoms with Crippen LogP contribution in [0, 0.1) is 0 Å². The molecule has 2 unspecified atom stereocenters. The Kier molecular flexibility index (Phi) is 4.74. The predicted molar refractivity (Wildman–Crippen MR) is 73.4 cm³/mol. The number of aliphatic hydroxyl groups is 1. The van der Waals surface area contributed by atoms with E-state index in [1.54, 1.807) is 7.11 Å². The quantitative estimate of drug-likeness (QED) is 0.849. The average molecular weight is 269 g/mol. The molecule has 0 radical (unpaired) electrons. The van der Waals surface area contributed by atoms with Gasteiger partial charge in [0.2, 0.25) is 0 Å². The van der Waals surface area contributed by atoms with Gasteiger partial charge >= 0.3 is 0 Å². The molecule has 0 aromatic heterocycles. The molecule has 5 heteroatoms. The van der Waals surface area contributed by atoms with E-state index < -0.39 is 6.10 Å². The summed E-state index contributed by atoms with van der Waals surface area (Å²) in [5.41, 5.74) is 6.18. The van der Waals surface area contributed by atoms with Gasteiger partial charge in [0.15, 0.2) is 11.5 Å². The van der Waals surface area contributed by atoms with E-state index in [2.05, 4.69) is 0 Å². The van der Waals surface area contributed by atoms with Crippen molar-refractivity contribution in [2.75, 3.05) is 25.2 Å². The van der Waals surface area contributed by atoms with Crippen LogP contribution in [0.15, 0.2) is 18.2 Å². The summed E-state index contributed by atoms with van der Waals surface area (Å²) in [7, 11) is 1.58. The zero-order chi connectivity index (χ0) is 13.0. The number of hydrogen-bond donors (Lipinski definition) is 2. The van der Waals surface area contributed by atoms with Crippen molar-refractivity contribution in [2.45, 2.75) is 18.6 Å². The summed E-state index contributed by atoms with van der Waals surface area (Å²) in [6.07, 6.45) is 0.563. The second-order valence-electron chi connectivity index (χ2n) is 4.23. The third-order valence-electron chi connectivity index (χ3n) is 2.98. The number of thioether (sulfide) groups is 1. The molecule has 3 N–H and O–H groups in total. The van der Waals surface area contributed by atoms with Crippen molar-refractivity contribution in [2.24, 2.45) is 5.73 Å². The lowest BCUT2D eigenvalue weighted by molar-refractivity contribution is 0.177. The van der Waals surface area contributed by atoms with Crippen molar-refractivity contribution in [3.8, 4) is 11.5 Å². The Morgan fingerprint density at radius 2 is 2.39 bits per heavy atom. The first-order chi connectivity index (χ1) is 8.76. The van der Waals surface area contributed by atoms with Gasteiger partial charge in [-0.2, -0.15) is 11.8 Å². The first kappa shape index (κ1) is 13.5. The lowest BCUT2D eigenvalue weighted by Gasteiger charge is -2.19. The molecule has 0 bridgehead atoms. The molecule has 2 rings (SSSR count). The van der Waals surface area contributed by atoms with Crippen molar-refractivity contribution in [1.82, 2.24) is 0 Å². The highest BCUT2D eigenvalue weighted by molar-refractivity contribution is 7.99. The fourth-order valence-corrected chi connectivity index (χ4v) is 3.11. The number of rotatable bonds is 5. The molecule has 1 aromatic rings. The van der Waals surface area contributed by atoms with Crippen molar-refractivity contribution < 1.29 is 14.6 Å². The van der Waals surface area contributed by atoms with E-state index in [0.29, 0.717) is 17.1 Å². The van der Waals surface area contributed by atoms with Gasteiger partial charge in [-0.1, -0.05) is 12.1 Å². The lowest BCUT2D eigenvalue weighted by atomic mass is 10.1. The van der Waals surface area contributed by atoms with Gasteiger partial charge in [0.05, 0.1) is 13.2 Å². The number of para-hydroxylation sites is 1. The summed E-state index contributed by atoms with van der Waals surface area (Å²) in [5, 5.41) is 9.86. The molecule has 1 aliphatic heterocycles. The summed E-state index contributed by atoms with van der Waals surface area (Å²) in [6, 6.07) is 5.54. The summed E-state index contributed by atoms with van der Waals surface area (Å²) in [6.45, 7) is 0.166. The summed E-state index contributed by atoms with van der Waals surface area (Å²) < 4.78 is 11.3. The summed E-state index contributed by atoms with van der Waals surface area (Å²) in [5.74, 6) is 3.42. The zero-order valence-corrected chi connectivity index (χ0v) is 11.3. The van der Waals surface area contributed by atoms with Gasteiger partial charge in [-0.25, -0.2) is 0 Å². The van der Waals surface area contributed by atoms with E-state index in [4.69, 9.17) is 15.2 Å². The van der Waals surface area contributed by atoms with Crippen LogP contribution in [0.5, 0.6) is 11.5 Å². The second kappa shape index (κ2) is 6.31. The SMILES string of the molecule is COc1c(OC2CCSC2)cccc1C(O)CN. The van der Waals surface area contributed by atoms with E-state index in [1.165, 1.54) is 0 Å². The molecule has 1 aromatic carbocycles. The molecule has 2 atom stereocenters. The second-order valence-corrected chi connectivity index (χ2v) is 5.38. The first-order valence-corrected chi connectivity index (χ1v) is 7.21.